The van der Waals surface area contributed by atoms with Crippen molar-refractivity contribution < 1.29 is 14.3 Å². The van der Waals surface area contributed by atoms with Crippen LogP contribution < -0.4 is 5.32 Å². The first kappa shape index (κ1) is 17.5. The van der Waals surface area contributed by atoms with Gasteiger partial charge in [0.05, 0.1) is 7.11 Å². The van der Waals surface area contributed by atoms with E-state index in [-0.39, 0.29) is 11.5 Å². The summed E-state index contributed by atoms with van der Waals surface area (Å²) in [6, 6.07) is 13.8. The Morgan fingerprint density at radius 3 is 2.26 bits per heavy atom. The summed E-state index contributed by atoms with van der Waals surface area (Å²) in [5.74, 6) is -0.939. The molecule has 4 nitrogen and oxygen atoms in total. The van der Waals surface area contributed by atoms with Crippen LogP contribution in [0.25, 0.3) is 0 Å². The zero-order chi connectivity index (χ0) is 16.8. The number of ketones is 1. The minimum atomic E-state index is -0.620. The molecule has 0 unspecified atom stereocenters. The minimum absolute atomic E-state index is 0.0636. The molecule has 0 aromatic heterocycles. The van der Waals surface area contributed by atoms with Crippen molar-refractivity contribution in [1.29, 1.82) is 0 Å². The largest absolute Gasteiger partial charge is 0.464 e. The van der Waals surface area contributed by atoms with Crippen LogP contribution in [-0.4, -0.2) is 18.9 Å². The van der Waals surface area contributed by atoms with Gasteiger partial charge in [-0.2, -0.15) is 0 Å². The quantitative estimate of drug-likeness (QED) is 0.325. The van der Waals surface area contributed by atoms with Crippen molar-refractivity contribution in [2.24, 2.45) is 0 Å². The van der Waals surface area contributed by atoms with Crippen molar-refractivity contribution in [3.05, 3.63) is 74.5 Å². The fourth-order valence-corrected chi connectivity index (χ4v) is 2.26. The number of esters is 1. The van der Waals surface area contributed by atoms with Crippen LogP contribution in [0.4, 0.5) is 5.69 Å². The summed E-state index contributed by atoms with van der Waals surface area (Å²) in [7, 11) is 1.26. The molecule has 0 heterocycles. The number of rotatable bonds is 5. The van der Waals surface area contributed by atoms with Gasteiger partial charge >= 0.3 is 5.97 Å². The third-order valence-corrected chi connectivity index (χ3v) is 3.90. The molecule has 118 valence electrons. The lowest BCUT2D eigenvalue weighted by Gasteiger charge is -2.09. The average Bonchev–Trinajstić information content (AvgIpc) is 2.56. The Labute approximate surface area is 152 Å². The van der Waals surface area contributed by atoms with Gasteiger partial charge < -0.3 is 10.1 Å². The molecule has 0 amide bonds. The molecule has 2 aromatic carbocycles. The molecule has 0 aliphatic rings. The molecule has 6 heteroatoms. The molecule has 23 heavy (non-hydrogen) atoms. The van der Waals surface area contributed by atoms with E-state index in [4.69, 9.17) is 16.3 Å². The van der Waals surface area contributed by atoms with E-state index in [1.54, 1.807) is 24.3 Å². The van der Waals surface area contributed by atoms with Crippen LogP contribution in [0.2, 0.25) is 5.02 Å². The van der Waals surface area contributed by atoms with E-state index in [0.717, 1.165) is 3.57 Å². The summed E-state index contributed by atoms with van der Waals surface area (Å²) in [5.41, 5.74) is 1.18. The molecule has 0 spiro atoms. The van der Waals surface area contributed by atoms with Crippen molar-refractivity contribution in [2.45, 2.75) is 0 Å². The number of carbonyl (C=O) groups excluding carboxylic acids is 2. The predicted molar refractivity (Wildman–Crippen MR) is 98.7 cm³/mol. The Morgan fingerprint density at radius 2 is 1.70 bits per heavy atom. The van der Waals surface area contributed by atoms with Crippen LogP contribution in [-0.2, 0) is 9.53 Å². The highest BCUT2D eigenvalue weighted by Crippen LogP contribution is 2.15. The Hall–Kier alpha value is -1.86. The fourth-order valence-electron chi connectivity index (χ4n) is 1.77. The Bertz CT molecular complexity index is 739. The molecule has 0 fully saturated rings. The Balaban J connectivity index is 2.26. The average molecular weight is 442 g/mol. The number of anilines is 1. The van der Waals surface area contributed by atoms with Gasteiger partial charge in [0.1, 0.15) is 5.70 Å². The van der Waals surface area contributed by atoms with Gasteiger partial charge in [0.2, 0.25) is 0 Å². The summed E-state index contributed by atoms with van der Waals surface area (Å²) in [5, 5.41) is 3.44. The summed E-state index contributed by atoms with van der Waals surface area (Å²) >= 11 is 7.98. The zero-order valence-corrected chi connectivity index (χ0v) is 15.1. The number of carbonyl (C=O) groups is 2. The van der Waals surface area contributed by atoms with Crippen LogP contribution in [0.3, 0.4) is 0 Å². The second kappa shape index (κ2) is 8.12. The van der Waals surface area contributed by atoms with Gasteiger partial charge in [0, 0.05) is 25.9 Å². The molecule has 2 rings (SSSR count). The van der Waals surface area contributed by atoms with E-state index < -0.39 is 5.97 Å². The molecule has 0 radical (unpaired) electrons. The third kappa shape index (κ3) is 5.07. The molecular formula is C17H13ClINO3. The lowest BCUT2D eigenvalue weighted by molar-refractivity contribution is -0.135. The maximum Gasteiger partial charge on any atom is 0.354 e. The van der Waals surface area contributed by atoms with E-state index in [0.29, 0.717) is 16.3 Å². The molecule has 0 aliphatic carbocycles. The van der Waals surface area contributed by atoms with Crippen molar-refractivity contribution in [2.75, 3.05) is 12.4 Å². The minimum Gasteiger partial charge on any atom is -0.464 e. The highest BCUT2D eigenvalue weighted by molar-refractivity contribution is 14.1. The predicted octanol–water partition coefficient (Wildman–Crippen LogP) is 4.30. The third-order valence-electron chi connectivity index (χ3n) is 2.93. The summed E-state index contributed by atoms with van der Waals surface area (Å²) in [6.45, 7) is 0. The molecular weight excluding hydrogens is 429 g/mol. The van der Waals surface area contributed by atoms with E-state index in [1.165, 1.54) is 13.2 Å². The van der Waals surface area contributed by atoms with E-state index in [1.807, 2.05) is 24.3 Å². The summed E-state index contributed by atoms with van der Waals surface area (Å²) in [6.07, 6.45) is 1.22. The van der Waals surface area contributed by atoms with Crippen LogP contribution in [0.5, 0.6) is 0 Å². The van der Waals surface area contributed by atoms with Crippen molar-refractivity contribution in [3.8, 4) is 0 Å². The fraction of sp³-hybridized carbons (Fsp3) is 0.0588. The van der Waals surface area contributed by atoms with Crippen molar-refractivity contribution in [3.63, 3.8) is 0 Å². The number of hydrogen-bond donors (Lipinski definition) is 1. The van der Waals surface area contributed by atoms with Crippen molar-refractivity contribution in [1.82, 2.24) is 0 Å². The topological polar surface area (TPSA) is 55.4 Å². The second-order valence-electron chi connectivity index (χ2n) is 4.55. The van der Waals surface area contributed by atoms with Gasteiger partial charge in [-0.3, -0.25) is 4.79 Å². The number of methoxy groups -OCH3 is 1. The van der Waals surface area contributed by atoms with Gasteiger partial charge in [-0.05, 0) is 71.1 Å². The number of allylic oxidation sites excluding steroid dienone is 1. The molecule has 0 bridgehead atoms. The monoisotopic (exact) mass is 441 g/mol. The number of ether oxygens (including phenoxy) is 1. The van der Waals surface area contributed by atoms with E-state index in [2.05, 4.69) is 27.9 Å². The SMILES string of the molecule is COC(=O)/C(=C\C(=O)c1ccc(Cl)cc1)Nc1ccc(I)cc1. The number of benzene rings is 2. The van der Waals surface area contributed by atoms with Crippen LogP contribution in [0.1, 0.15) is 10.4 Å². The lowest BCUT2D eigenvalue weighted by atomic mass is 10.1. The zero-order valence-electron chi connectivity index (χ0n) is 12.2. The maximum absolute atomic E-state index is 12.3. The van der Waals surface area contributed by atoms with Gasteiger partial charge in [0.15, 0.2) is 5.78 Å². The second-order valence-corrected chi connectivity index (χ2v) is 6.23. The molecule has 1 N–H and O–H groups in total. The molecule has 0 saturated carbocycles. The van der Waals surface area contributed by atoms with Crippen LogP contribution >= 0.6 is 34.2 Å². The molecule has 0 aliphatic heterocycles. The highest BCUT2D eigenvalue weighted by Gasteiger charge is 2.13. The van der Waals surface area contributed by atoms with Crippen LogP contribution in [0.15, 0.2) is 60.3 Å². The Morgan fingerprint density at radius 1 is 1.09 bits per heavy atom. The maximum atomic E-state index is 12.3. The van der Waals surface area contributed by atoms with Crippen molar-refractivity contribution >= 4 is 51.6 Å². The molecule has 0 saturated heterocycles. The Kier molecular flexibility index (Phi) is 6.18. The van der Waals surface area contributed by atoms with Gasteiger partial charge in [0.25, 0.3) is 0 Å². The lowest BCUT2D eigenvalue weighted by Crippen LogP contribution is -2.15. The van der Waals surface area contributed by atoms with Gasteiger partial charge in [-0.15, -0.1) is 0 Å². The first-order valence-electron chi connectivity index (χ1n) is 6.62. The number of halogens is 2. The molecule has 2 aromatic rings. The van der Waals surface area contributed by atoms with Gasteiger partial charge in [-0.25, -0.2) is 4.79 Å². The number of hydrogen-bond acceptors (Lipinski definition) is 4. The van der Waals surface area contributed by atoms with Crippen LogP contribution in [0, 0.1) is 3.57 Å². The first-order chi connectivity index (χ1) is 11.0. The summed E-state index contributed by atoms with van der Waals surface area (Å²) in [4.78, 5) is 24.1. The smallest absolute Gasteiger partial charge is 0.354 e. The highest BCUT2D eigenvalue weighted by atomic mass is 127. The molecule has 0 atom stereocenters. The normalized spacial score (nSPS) is 11.0. The van der Waals surface area contributed by atoms with E-state index >= 15 is 0 Å². The number of nitrogens with one attached hydrogen (secondary N) is 1. The van der Waals surface area contributed by atoms with Gasteiger partial charge in [-0.1, -0.05) is 11.6 Å². The first-order valence-corrected chi connectivity index (χ1v) is 8.08. The van der Waals surface area contributed by atoms with E-state index in [9.17, 15) is 9.59 Å². The standard InChI is InChI=1S/C17H13ClINO3/c1-23-17(22)15(20-14-8-6-13(19)7-9-14)10-16(21)11-2-4-12(18)5-3-11/h2-10,20H,1H3/b15-10+. The summed E-state index contributed by atoms with van der Waals surface area (Å²) < 4.78 is 5.78.